The number of nitrogens with two attached hydrogens (primary N) is 1. The Morgan fingerprint density at radius 2 is 1.78 bits per heavy atom. The first-order valence-corrected chi connectivity index (χ1v) is 12.2. The van der Waals surface area contributed by atoms with Gasteiger partial charge < -0.3 is 16.0 Å². The van der Waals surface area contributed by atoms with Crippen molar-refractivity contribution in [2.75, 3.05) is 7.05 Å². The third-order valence-electron chi connectivity index (χ3n) is 7.31. The van der Waals surface area contributed by atoms with Gasteiger partial charge in [-0.2, -0.15) is 5.10 Å². The number of aromatic nitrogens is 4. The zero-order valence-corrected chi connectivity index (χ0v) is 20.4. The molecule has 5 aromatic rings. The van der Waals surface area contributed by atoms with Gasteiger partial charge in [0.05, 0.1) is 5.69 Å². The average molecular weight is 477 g/mol. The summed E-state index contributed by atoms with van der Waals surface area (Å²) in [7, 11) is 1.61. The maximum atomic E-state index is 12.7. The first-order valence-electron chi connectivity index (χ1n) is 12.2. The Kier molecular flexibility index (Phi) is 5.23. The standard InChI is InChI=1S/C29H28N6O/c1-18-22(13-16-32-18)23-17-24(28(36)31-2)34-35-26(20-7-4-3-5-8-20)25(33-27(23)35)19-9-11-21(12-10-19)29(30)14-6-15-29/h3-5,7-13,16-17,32H,6,14-15,30H2,1-2H3,(H,31,36). The number of rotatable bonds is 5. The van der Waals surface area contributed by atoms with E-state index < -0.39 is 0 Å². The predicted octanol–water partition coefficient (Wildman–Crippen LogP) is 5.06. The van der Waals surface area contributed by atoms with Crippen molar-refractivity contribution in [2.45, 2.75) is 31.7 Å². The number of benzene rings is 2. The van der Waals surface area contributed by atoms with E-state index in [2.05, 4.69) is 34.6 Å². The highest BCUT2D eigenvalue weighted by atomic mass is 16.1. The van der Waals surface area contributed by atoms with E-state index in [1.165, 1.54) is 6.42 Å². The summed E-state index contributed by atoms with van der Waals surface area (Å²) in [5.41, 5.74) is 14.9. The second-order valence-electron chi connectivity index (χ2n) is 9.54. The van der Waals surface area contributed by atoms with Gasteiger partial charge in [-0.25, -0.2) is 9.50 Å². The molecule has 1 aliphatic rings. The predicted molar refractivity (Wildman–Crippen MR) is 141 cm³/mol. The van der Waals surface area contributed by atoms with Crippen LogP contribution in [0.4, 0.5) is 0 Å². The minimum atomic E-state index is -0.251. The monoisotopic (exact) mass is 476 g/mol. The molecule has 6 rings (SSSR count). The highest BCUT2D eigenvalue weighted by Gasteiger charge is 2.34. The van der Waals surface area contributed by atoms with Crippen molar-refractivity contribution in [3.05, 3.63) is 89.9 Å². The number of aromatic amines is 1. The van der Waals surface area contributed by atoms with Crippen LogP contribution in [0.3, 0.4) is 0 Å². The van der Waals surface area contributed by atoms with Crippen molar-refractivity contribution >= 4 is 11.6 Å². The highest BCUT2D eigenvalue weighted by molar-refractivity contribution is 5.96. The Bertz CT molecular complexity index is 1580. The Morgan fingerprint density at radius 3 is 2.39 bits per heavy atom. The molecule has 0 unspecified atom stereocenters. The second kappa shape index (κ2) is 8.46. The van der Waals surface area contributed by atoms with Crippen LogP contribution in [0.25, 0.3) is 39.3 Å². The number of amides is 1. The zero-order valence-electron chi connectivity index (χ0n) is 20.4. The van der Waals surface area contributed by atoms with Crippen LogP contribution in [0.5, 0.6) is 0 Å². The molecule has 1 saturated carbocycles. The normalized spacial score (nSPS) is 14.5. The smallest absolute Gasteiger partial charge is 0.271 e. The molecule has 36 heavy (non-hydrogen) atoms. The maximum Gasteiger partial charge on any atom is 0.271 e. The van der Waals surface area contributed by atoms with Crippen molar-refractivity contribution < 1.29 is 4.79 Å². The van der Waals surface area contributed by atoms with Crippen molar-refractivity contribution in [1.82, 2.24) is 24.9 Å². The van der Waals surface area contributed by atoms with Crippen LogP contribution >= 0.6 is 0 Å². The minimum Gasteiger partial charge on any atom is -0.365 e. The molecule has 3 aromatic heterocycles. The minimum absolute atomic E-state index is 0.220. The van der Waals surface area contributed by atoms with Crippen LogP contribution in [0, 0.1) is 6.92 Å². The Hall–Kier alpha value is -4.23. The van der Waals surface area contributed by atoms with Crippen molar-refractivity contribution in [2.24, 2.45) is 5.73 Å². The summed E-state index contributed by atoms with van der Waals surface area (Å²) in [5, 5.41) is 7.47. The number of carbonyl (C=O) groups excluding carboxylic acids is 1. The van der Waals surface area contributed by atoms with Gasteiger partial charge in [0.15, 0.2) is 5.65 Å². The number of fused-ring (bicyclic) bond motifs is 1. The molecule has 0 saturated heterocycles. The molecule has 1 aliphatic carbocycles. The number of nitrogens with one attached hydrogen (secondary N) is 2. The molecule has 0 aliphatic heterocycles. The number of imidazole rings is 1. The van der Waals surface area contributed by atoms with Gasteiger partial charge in [0.1, 0.15) is 11.4 Å². The highest BCUT2D eigenvalue weighted by Crippen LogP contribution is 2.40. The quantitative estimate of drug-likeness (QED) is 0.330. The summed E-state index contributed by atoms with van der Waals surface area (Å²) in [5.74, 6) is -0.251. The van der Waals surface area contributed by atoms with Crippen molar-refractivity contribution in [1.29, 1.82) is 0 Å². The molecule has 0 bridgehead atoms. The van der Waals surface area contributed by atoms with Gasteiger partial charge in [-0.05, 0) is 43.9 Å². The number of carbonyl (C=O) groups is 1. The van der Waals surface area contributed by atoms with E-state index in [4.69, 9.17) is 15.8 Å². The van der Waals surface area contributed by atoms with Gasteiger partial charge in [0, 0.05) is 46.7 Å². The number of nitrogens with zero attached hydrogens (tertiary/aromatic N) is 3. The summed E-state index contributed by atoms with van der Waals surface area (Å²) in [4.78, 5) is 21.1. The summed E-state index contributed by atoms with van der Waals surface area (Å²) in [6.07, 6.45) is 5.09. The van der Waals surface area contributed by atoms with E-state index in [1.807, 2.05) is 55.6 Å². The molecule has 1 fully saturated rings. The lowest BCUT2D eigenvalue weighted by Gasteiger charge is -2.38. The molecule has 2 aromatic carbocycles. The molecule has 180 valence electrons. The summed E-state index contributed by atoms with van der Waals surface area (Å²) < 4.78 is 1.81. The second-order valence-corrected chi connectivity index (χ2v) is 9.54. The van der Waals surface area contributed by atoms with Gasteiger partial charge in [-0.15, -0.1) is 0 Å². The fourth-order valence-electron chi connectivity index (χ4n) is 5.07. The number of hydrogen-bond acceptors (Lipinski definition) is 4. The van der Waals surface area contributed by atoms with Gasteiger partial charge in [0.2, 0.25) is 0 Å². The molecular weight excluding hydrogens is 448 g/mol. The zero-order chi connectivity index (χ0) is 24.9. The molecule has 7 nitrogen and oxygen atoms in total. The van der Waals surface area contributed by atoms with E-state index in [0.29, 0.717) is 11.3 Å². The largest absolute Gasteiger partial charge is 0.365 e. The number of hydrogen-bond donors (Lipinski definition) is 3. The van der Waals surface area contributed by atoms with Crippen molar-refractivity contribution in [3.8, 4) is 33.6 Å². The van der Waals surface area contributed by atoms with Gasteiger partial charge in [-0.3, -0.25) is 4.79 Å². The van der Waals surface area contributed by atoms with Gasteiger partial charge in [-0.1, -0.05) is 54.6 Å². The first kappa shape index (κ1) is 22.2. The first-order chi connectivity index (χ1) is 17.5. The van der Waals surface area contributed by atoms with Crippen LogP contribution in [0.15, 0.2) is 72.9 Å². The summed E-state index contributed by atoms with van der Waals surface area (Å²) in [6.45, 7) is 2.01. The van der Waals surface area contributed by atoms with E-state index in [0.717, 1.165) is 57.7 Å². The Morgan fingerprint density at radius 1 is 1.03 bits per heavy atom. The van der Waals surface area contributed by atoms with Crippen molar-refractivity contribution in [3.63, 3.8) is 0 Å². The Balaban J connectivity index is 1.63. The summed E-state index contributed by atoms with van der Waals surface area (Å²) >= 11 is 0. The lowest BCUT2D eigenvalue weighted by atomic mass is 9.72. The van der Waals surface area contributed by atoms with Crippen LogP contribution in [-0.2, 0) is 5.54 Å². The molecule has 3 heterocycles. The maximum absolute atomic E-state index is 12.7. The van der Waals surface area contributed by atoms with Crippen LogP contribution in [0.1, 0.15) is 41.0 Å². The van der Waals surface area contributed by atoms with Crippen LogP contribution < -0.4 is 11.1 Å². The van der Waals surface area contributed by atoms with Gasteiger partial charge >= 0.3 is 0 Å². The summed E-state index contributed by atoms with van der Waals surface area (Å²) in [6, 6.07) is 22.3. The fraction of sp³-hybridized carbons (Fsp3) is 0.207. The lowest BCUT2D eigenvalue weighted by Crippen LogP contribution is -2.43. The lowest BCUT2D eigenvalue weighted by molar-refractivity contribution is 0.0957. The van der Waals surface area contributed by atoms with E-state index in [1.54, 1.807) is 11.6 Å². The van der Waals surface area contributed by atoms with Crippen LogP contribution in [0.2, 0.25) is 0 Å². The van der Waals surface area contributed by atoms with E-state index in [9.17, 15) is 4.79 Å². The van der Waals surface area contributed by atoms with Crippen LogP contribution in [-0.4, -0.2) is 32.5 Å². The topological polar surface area (TPSA) is 101 Å². The SMILES string of the molecule is CNC(=O)c1cc(-c2cc[nH]c2C)c2nc(-c3ccc(C4(N)CCC4)cc3)c(-c3ccccc3)n2n1. The molecule has 7 heteroatoms. The number of aryl methyl sites for hydroxylation is 1. The number of H-pyrrole nitrogens is 1. The molecule has 1 amide bonds. The molecular formula is C29H28N6O. The third kappa shape index (κ3) is 3.51. The molecule has 0 radical (unpaired) electrons. The molecule has 0 spiro atoms. The van der Waals surface area contributed by atoms with Gasteiger partial charge in [0.25, 0.3) is 5.91 Å². The third-order valence-corrected chi connectivity index (χ3v) is 7.31. The fourth-order valence-corrected chi connectivity index (χ4v) is 5.07. The molecule has 4 N–H and O–H groups in total. The molecule has 0 atom stereocenters. The Labute approximate surface area is 209 Å². The van der Waals surface area contributed by atoms with E-state index >= 15 is 0 Å². The average Bonchev–Trinajstić information content (AvgIpc) is 3.50. The van der Waals surface area contributed by atoms with E-state index in [-0.39, 0.29) is 11.4 Å².